The lowest BCUT2D eigenvalue weighted by Gasteiger charge is -2.27. The molecule has 0 radical (unpaired) electrons. The molecule has 2 heterocycles. The van der Waals surface area contributed by atoms with Crippen molar-refractivity contribution in [3.05, 3.63) is 24.0 Å². The Labute approximate surface area is 154 Å². The predicted octanol–water partition coefficient (Wildman–Crippen LogP) is 4.45. The fraction of sp³-hybridized carbons (Fsp3) is 0.762. The molecule has 0 saturated carbocycles. The summed E-state index contributed by atoms with van der Waals surface area (Å²) in [4.78, 5) is 14.6. The molecular weight excluding hydrogens is 310 g/mol. The van der Waals surface area contributed by atoms with E-state index in [-0.39, 0.29) is 5.91 Å². The van der Waals surface area contributed by atoms with Gasteiger partial charge >= 0.3 is 0 Å². The Morgan fingerprint density at radius 3 is 2.20 bits per heavy atom. The molecule has 0 aliphatic carbocycles. The van der Waals surface area contributed by atoms with Gasteiger partial charge in [0.25, 0.3) is 5.91 Å². The molecule has 0 aromatic carbocycles. The number of aromatic nitrogens is 1. The number of amides is 1. The van der Waals surface area contributed by atoms with Crippen molar-refractivity contribution in [2.45, 2.75) is 77.7 Å². The van der Waals surface area contributed by atoms with E-state index in [1.807, 2.05) is 17.0 Å². The van der Waals surface area contributed by atoms with Gasteiger partial charge in [0.05, 0.1) is 0 Å². The molecule has 1 aliphatic heterocycles. The quantitative estimate of drug-likeness (QED) is 0.567. The van der Waals surface area contributed by atoms with E-state index < -0.39 is 0 Å². The summed E-state index contributed by atoms with van der Waals surface area (Å²) in [6.45, 7) is 6.70. The van der Waals surface area contributed by atoms with Crippen LogP contribution in [-0.2, 0) is 6.54 Å². The van der Waals surface area contributed by atoms with E-state index in [9.17, 15) is 4.79 Å². The van der Waals surface area contributed by atoms with E-state index in [0.717, 1.165) is 38.4 Å². The Bertz CT molecular complexity index is 477. The number of rotatable bonds is 12. The molecule has 1 aromatic heterocycles. The molecule has 25 heavy (non-hydrogen) atoms. The van der Waals surface area contributed by atoms with Crippen LogP contribution in [0.5, 0.6) is 0 Å². The van der Waals surface area contributed by atoms with Crippen molar-refractivity contribution in [3.63, 3.8) is 0 Å². The van der Waals surface area contributed by atoms with Crippen molar-refractivity contribution in [2.75, 3.05) is 26.2 Å². The average molecular weight is 348 g/mol. The zero-order chi connectivity index (χ0) is 17.7. The van der Waals surface area contributed by atoms with Crippen molar-refractivity contribution in [2.24, 2.45) is 0 Å². The number of aryl methyl sites for hydroxylation is 1. The third-order valence-corrected chi connectivity index (χ3v) is 5.21. The summed E-state index contributed by atoms with van der Waals surface area (Å²) >= 11 is 0. The number of hydrogen-bond acceptors (Lipinski definition) is 2. The first-order valence-electron chi connectivity index (χ1n) is 10.5. The molecule has 0 bridgehead atoms. The highest BCUT2D eigenvalue weighted by atomic mass is 16.2. The number of carbonyl (C=O) groups excluding carboxylic acids is 1. The van der Waals surface area contributed by atoms with Crippen molar-refractivity contribution >= 4 is 5.91 Å². The average Bonchev–Trinajstić information content (AvgIpc) is 3.12. The number of unbranched alkanes of at least 4 members (excludes halogenated alkanes) is 9. The van der Waals surface area contributed by atoms with E-state index in [0.29, 0.717) is 0 Å². The van der Waals surface area contributed by atoms with E-state index in [4.69, 9.17) is 0 Å². The van der Waals surface area contributed by atoms with E-state index >= 15 is 0 Å². The zero-order valence-corrected chi connectivity index (χ0v) is 16.1. The third kappa shape index (κ3) is 7.23. The second kappa shape index (κ2) is 12.1. The largest absolute Gasteiger partial charge is 0.344 e. The van der Waals surface area contributed by atoms with Gasteiger partial charge in [-0.3, -0.25) is 4.79 Å². The number of carbonyl (C=O) groups is 1. The van der Waals surface area contributed by atoms with Crippen LogP contribution in [0.15, 0.2) is 18.3 Å². The van der Waals surface area contributed by atoms with Crippen LogP contribution in [0.25, 0.3) is 0 Å². The summed E-state index contributed by atoms with van der Waals surface area (Å²) in [7, 11) is 0. The molecule has 1 fully saturated rings. The van der Waals surface area contributed by atoms with Gasteiger partial charge in [0, 0.05) is 38.9 Å². The van der Waals surface area contributed by atoms with Crippen LogP contribution in [0.2, 0.25) is 0 Å². The monoisotopic (exact) mass is 347 g/mol. The number of nitrogens with zero attached hydrogens (tertiary/aromatic N) is 2. The topological polar surface area (TPSA) is 37.3 Å². The van der Waals surface area contributed by atoms with E-state index in [1.165, 1.54) is 64.2 Å². The lowest BCUT2D eigenvalue weighted by atomic mass is 10.1. The van der Waals surface area contributed by atoms with Crippen LogP contribution >= 0.6 is 0 Å². The fourth-order valence-corrected chi connectivity index (χ4v) is 3.60. The molecule has 0 spiro atoms. The first-order chi connectivity index (χ1) is 12.3. The molecule has 142 valence electrons. The second-order valence-corrected chi connectivity index (χ2v) is 7.31. The van der Waals surface area contributed by atoms with Crippen molar-refractivity contribution in [3.8, 4) is 0 Å². The second-order valence-electron chi connectivity index (χ2n) is 7.31. The zero-order valence-electron chi connectivity index (χ0n) is 16.1. The molecule has 1 saturated heterocycles. The smallest absolute Gasteiger partial charge is 0.270 e. The van der Waals surface area contributed by atoms with Gasteiger partial charge in [-0.25, -0.2) is 0 Å². The van der Waals surface area contributed by atoms with Crippen LogP contribution in [0.1, 0.15) is 81.6 Å². The molecule has 1 aromatic rings. The minimum Gasteiger partial charge on any atom is -0.344 e. The van der Waals surface area contributed by atoms with Crippen LogP contribution in [0.4, 0.5) is 0 Å². The van der Waals surface area contributed by atoms with Gasteiger partial charge in [-0.2, -0.15) is 0 Å². The molecule has 2 rings (SSSR count). The highest BCUT2D eigenvalue weighted by molar-refractivity contribution is 5.92. The molecule has 0 atom stereocenters. The summed E-state index contributed by atoms with van der Waals surface area (Å²) in [5.41, 5.74) is 0.859. The highest BCUT2D eigenvalue weighted by Gasteiger charge is 2.20. The van der Waals surface area contributed by atoms with Gasteiger partial charge < -0.3 is 14.8 Å². The molecule has 4 heteroatoms. The van der Waals surface area contributed by atoms with Crippen LogP contribution in [0, 0.1) is 0 Å². The maximum atomic E-state index is 12.6. The lowest BCUT2D eigenvalue weighted by molar-refractivity contribution is 0.0724. The molecule has 1 aliphatic rings. The first kappa shape index (κ1) is 20.0. The van der Waals surface area contributed by atoms with Gasteiger partial charge in [-0.1, -0.05) is 64.7 Å². The fourth-order valence-electron chi connectivity index (χ4n) is 3.60. The standard InChI is InChI=1S/C21H37N3O/c1-2-3-4-5-6-7-8-9-10-11-16-23-17-12-13-20(23)21(25)24-18-14-22-15-19-24/h12-13,17,22H,2-11,14-16,18-19H2,1H3. The van der Waals surface area contributed by atoms with E-state index in [2.05, 4.69) is 23.0 Å². The Hall–Kier alpha value is -1.29. The summed E-state index contributed by atoms with van der Waals surface area (Å²) in [5, 5.41) is 3.30. The maximum absolute atomic E-state index is 12.6. The molecular formula is C21H37N3O. The normalized spacial score (nSPS) is 14.8. The van der Waals surface area contributed by atoms with Crippen LogP contribution in [0.3, 0.4) is 0 Å². The summed E-state index contributed by atoms with van der Waals surface area (Å²) in [5.74, 6) is 0.193. The minimum absolute atomic E-state index is 0.193. The van der Waals surface area contributed by atoms with Gasteiger partial charge in [0.15, 0.2) is 0 Å². The van der Waals surface area contributed by atoms with Gasteiger partial charge in [-0.05, 0) is 18.6 Å². The highest BCUT2D eigenvalue weighted by Crippen LogP contribution is 2.13. The Morgan fingerprint density at radius 1 is 0.960 bits per heavy atom. The third-order valence-electron chi connectivity index (χ3n) is 5.21. The molecule has 4 nitrogen and oxygen atoms in total. The Morgan fingerprint density at radius 2 is 1.56 bits per heavy atom. The molecule has 1 N–H and O–H groups in total. The van der Waals surface area contributed by atoms with Gasteiger partial charge in [0.1, 0.15) is 5.69 Å². The van der Waals surface area contributed by atoms with Crippen molar-refractivity contribution < 1.29 is 4.79 Å². The van der Waals surface area contributed by atoms with Gasteiger partial charge in [-0.15, -0.1) is 0 Å². The summed E-state index contributed by atoms with van der Waals surface area (Å²) in [6.07, 6.45) is 15.5. The Balaban J connectivity index is 1.59. The summed E-state index contributed by atoms with van der Waals surface area (Å²) in [6, 6.07) is 3.98. The minimum atomic E-state index is 0.193. The number of hydrogen-bond donors (Lipinski definition) is 1. The maximum Gasteiger partial charge on any atom is 0.270 e. The molecule has 0 unspecified atom stereocenters. The Kier molecular flexibility index (Phi) is 9.71. The predicted molar refractivity (Wildman–Crippen MR) is 105 cm³/mol. The SMILES string of the molecule is CCCCCCCCCCCCn1cccc1C(=O)N1CCNCC1. The van der Waals surface area contributed by atoms with Crippen LogP contribution in [-0.4, -0.2) is 41.6 Å². The summed E-state index contributed by atoms with van der Waals surface area (Å²) < 4.78 is 2.15. The number of piperazine rings is 1. The van der Waals surface area contributed by atoms with Crippen molar-refractivity contribution in [1.82, 2.24) is 14.8 Å². The lowest BCUT2D eigenvalue weighted by Crippen LogP contribution is -2.46. The molecule has 1 amide bonds. The first-order valence-corrected chi connectivity index (χ1v) is 10.5. The van der Waals surface area contributed by atoms with Crippen LogP contribution < -0.4 is 5.32 Å². The van der Waals surface area contributed by atoms with Crippen molar-refractivity contribution in [1.29, 1.82) is 0 Å². The van der Waals surface area contributed by atoms with Gasteiger partial charge in [0.2, 0.25) is 0 Å². The number of nitrogens with one attached hydrogen (secondary N) is 1. The van der Waals surface area contributed by atoms with E-state index in [1.54, 1.807) is 0 Å².